The Labute approximate surface area is 227 Å². The largest absolute Gasteiger partial charge is 0.507 e. The predicted molar refractivity (Wildman–Crippen MR) is 150 cm³/mol. The number of ketones is 1. The highest BCUT2D eigenvalue weighted by Gasteiger charge is 2.48. The second-order valence-electron chi connectivity index (χ2n) is 8.92. The van der Waals surface area contributed by atoms with E-state index in [-0.39, 0.29) is 11.3 Å². The van der Waals surface area contributed by atoms with E-state index < -0.39 is 17.7 Å². The third-order valence-electron chi connectivity index (χ3n) is 6.22. The van der Waals surface area contributed by atoms with Crippen molar-refractivity contribution >= 4 is 60.1 Å². The van der Waals surface area contributed by atoms with Gasteiger partial charge in [-0.15, -0.1) is 0 Å². The summed E-state index contributed by atoms with van der Waals surface area (Å²) in [5, 5.41) is 11.8. The van der Waals surface area contributed by atoms with Crippen LogP contribution in [0.3, 0.4) is 0 Å². The molecule has 1 aliphatic heterocycles. The molecule has 1 unspecified atom stereocenters. The summed E-state index contributed by atoms with van der Waals surface area (Å²) in [4.78, 5) is 33.0. The lowest BCUT2D eigenvalue weighted by atomic mass is 9.95. The first-order chi connectivity index (χ1) is 17.9. The van der Waals surface area contributed by atoms with Crippen LogP contribution >= 0.6 is 27.3 Å². The van der Waals surface area contributed by atoms with Crippen molar-refractivity contribution in [2.75, 3.05) is 11.5 Å². The number of hydrogen-bond acceptors (Lipinski definition) is 6. The minimum Gasteiger partial charge on any atom is -0.507 e. The smallest absolute Gasteiger partial charge is 0.301 e. The molecule has 1 N–H and O–H groups in total. The fraction of sp³-hybridized carbons (Fsp3) is 0.207. The lowest BCUT2D eigenvalue weighted by Crippen LogP contribution is -2.29. The number of fused-ring (bicyclic) bond motifs is 1. The second kappa shape index (κ2) is 10.5. The van der Waals surface area contributed by atoms with Gasteiger partial charge in [-0.1, -0.05) is 70.9 Å². The number of amides is 1. The zero-order chi connectivity index (χ0) is 26.1. The molecule has 0 radical (unpaired) electrons. The van der Waals surface area contributed by atoms with Gasteiger partial charge in [0.2, 0.25) is 0 Å². The van der Waals surface area contributed by atoms with Crippen LogP contribution in [0, 0.1) is 6.92 Å². The number of carbonyl (C=O) groups is 2. The van der Waals surface area contributed by atoms with Crippen LogP contribution in [-0.2, 0) is 9.59 Å². The van der Waals surface area contributed by atoms with Crippen molar-refractivity contribution in [3.05, 3.63) is 93.5 Å². The number of Topliss-reactive ketones (excluding diaryl/α,β-unsaturated/α-hetero) is 1. The second-order valence-corrected chi connectivity index (χ2v) is 10.8. The van der Waals surface area contributed by atoms with Crippen molar-refractivity contribution in [2.45, 2.75) is 32.7 Å². The molecule has 1 amide bonds. The summed E-state index contributed by atoms with van der Waals surface area (Å²) in [6.07, 6.45) is 1.91. The van der Waals surface area contributed by atoms with E-state index >= 15 is 0 Å². The molecule has 1 aliphatic rings. The minimum atomic E-state index is -0.844. The zero-order valence-corrected chi connectivity index (χ0v) is 22.8. The summed E-state index contributed by atoms with van der Waals surface area (Å²) in [5.74, 6) is -1.14. The number of thiazole rings is 1. The lowest BCUT2D eigenvalue weighted by molar-refractivity contribution is -0.132. The highest BCUT2D eigenvalue weighted by atomic mass is 79.9. The van der Waals surface area contributed by atoms with Gasteiger partial charge < -0.3 is 9.84 Å². The molecule has 1 saturated heterocycles. The molecule has 188 valence electrons. The first-order valence-corrected chi connectivity index (χ1v) is 13.6. The standard InChI is InChI=1S/C29H25BrN2O4S/c1-3-4-13-36-21-10-6-8-19(16-21)26(33)24-25(18-7-5-9-20(30)15-18)32(28(35)27(24)34)29-31-22-12-11-17(2)14-23(22)37-29/h5-12,14-16,25,33H,3-4,13H2,1-2H3. The van der Waals surface area contributed by atoms with E-state index in [1.807, 2.05) is 49.4 Å². The van der Waals surface area contributed by atoms with Crippen LogP contribution in [0.25, 0.3) is 16.0 Å². The summed E-state index contributed by atoms with van der Waals surface area (Å²) in [6, 6.07) is 19.4. The third kappa shape index (κ3) is 4.91. The SMILES string of the molecule is CCCCOc1cccc(C(O)=C2C(=O)C(=O)N(c3nc4ccc(C)cc4s3)C2c2cccc(Br)c2)c1. The van der Waals surface area contributed by atoms with Crippen LogP contribution in [0.15, 0.2) is 76.8 Å². The first-order valence-electron chi connectivity index (χ1n) is 12.0. The average Bonchev–Trinajstić information content (AvgIpc) is 3.41. The Balaban J connectivity index is 1.65. The van der Waals surface area contributed by atoms with E-state index in [1.54, 1.807) is 24.3 Å². The van der Waals surface area contributed by atoms with E-state index in [4.69, 9.17) is 4.74 Å². The van der Waals surface area contributed by atoms with Crippen LogP contribution in [0.1, 0.15) is 42.5 Å². The number of aliphatic hydroxyl groups excluding tert-OH is 1. The molecule has 5 rings (SSSR count). The Morgan fingerprint density at radius 3 is 2.70 bits per heavy atom. The molecule has 37 heavy (non-hydrogen) atoms. The summed E-state index contributed by atoms with van der Waals surface area (Å²) in [5.41, 5.74) is 2.93. The average molecular weight is 578 g/mol. The van der Waals surface area contributed by atoms with Gasteiger partial charge in [0.1, 0.15) is 11.5 Å². The lowest BCUT2D eigenvalue weighted by Gasteiger charge is -2.23. The van der Waals surface area contributed by atoms with Gasteiger partial charge in [0, 0.05) is 10.0 Å². The summed E-state index contributed by atoms with van der Waals surface area (Å²) in [7, 11) is 0. The van der Waals surface area contributed by atoms with E-state index in [2.05, 4.69) is 27.8 Å². The monoisotopic (exact) mass is 576 g/mol. The quantitative estimate of drug-likeness (QED) is 0.109. The van der Waals surface area contributed by atoms with Crippen molar-refractivity contribution in [2.24, 2.45) is 0 Å². The van der Waals surface area contributed by atoms with Gasteiger partial charge in [-0.05, 0) is 60.9 Å². The Hall–Kier alpha value is -3.49. The number of rotatable bonds is 7. The van der Waals surface area contributed by atoms with Gasteiger partial charge in [0.05, 0.1) is 28.4 Å². The van der Waals surface area contributed by atoms with Gasteiger partial charge >= 0.3 is 5.91 Å². The van der Waals surface area contributed by atoms with Crippen LogP contribution < -0.4 is 9.64 Å². The number of unbranched alkanes of at least 4 members (excludes halogenated alkanes) is 1. The molecule has 0 saturated carbocycles. The Kier molecular flexibility index (Phi) is 7.13. The van der Waals surface area contributed by atoms with Crippen LogP contribution in [0.2, 0.25) is 0 Å². The fourth-order valence-electron chi connectivity index (χ4n) is 4.37. The molecule has 0 bridgehead atoms. The van der Waals surface area contributed by atoms with Crippen LogP contribution in [0.5, 0.6) is 5.75 Å². The number of anilines is 1. The maximum absolute atomic E-state index is 13.5. The molecule has 0 aliphatic carbocycles. The Morgan fingerprint density at radius 1 is 1.11 bits per heavy atom. The topological polar surface area (TPSA) is 79.7 Å². The van der Waals surface area contributed by atoms with Crippen LogP contribution in [0.4, 0.5) is 5.13 Å². The number of ether oxygens (including phenoxy) is 1. The normalized spacial score (nSPS) is 17.1. The molecule has 3 aromatic carbocycles. The maximum Gasteiger partial charge on any atom is 0.301 e. The van der Waals surface area contributed by atoms with Gasteiger partial charge in [-0.2, -0.15) is 0 Å². The fourth-order valence-corrected chi connectivity index (χ4v) is 5.88. The maximum atomic E-state index is 13.5. The number of hydrogen-bond donors (Lipinski definition) is 1. The minimum absolute atomic E-state index is 0.0178. The van der Waals surface area contributed by atoms with Crippen molar-refractivity contribution in [1.82, 2.24) is 4.98 Å². The van der Waals surface area contributed by atoms with Gasteiger partial charge in [-0.25, -0.2) is 4.98 Å². The van der Waals surface area contributed by atoms with Crippen molar-refractivity contribution < 1.29 is 19.4 Å². The highest BCUT2D eigenvalue weighted by Crippen LogP contribution is 2.45. The molecule has 2 heterocycles. The molecular weight excluding hydrogens is 552 g/mol. The van der Waals surface area contributed by atoms with Gasteiger partial charge in [0.15, 0.2) is 5.13 Å². The summed E-state index contributed by atoms with van der Waals surface area (Å²) < 4.78 is 7.51. The van der Waals surface area contributed by atoms with E-state index in [9.17, 15) is 14.7 Å². The predicted octanol–water partition coefficient (Wildman–Crippen LogP) is 7.17. The van der Waals surface area contributed by atoms with E-state index in [0.717, 1.165) is 33.1 Å². The van der Waals surface area contributed by atoms with Crippen molar-refractivity contribution in [3.63, 3.8) is 0 Å². The highest BCUT2D eigenvalue weighted by molar-refractivity contribution is 9.10. The number of carbonyl (C=O) groups excluding carboxylic acids is 2. The molecule has 4 aromatic rings. The first kappa shape index (κ1) is 25.2. The van der Waals surface area contributed by atoms with Crippen molar-refractivity contribution in [3.8, 4) is 5.75 Å². The Bertz CT molecular complexity index is 1540. The number of benzene rings is 3. The van der Waals surface area contributed by atoms with Crippen LogP contribution in [-0.4, -0.2) is 28.4 Å². The molecule has 6 nitrogen and oxygen atoms in total. The molecular formula is C29H25BrN2O4S. The molecule has 1 atom stereocenters. The molecule has 1 fully saturated rings. The number of aliphatic hydroxyl groups is 1. The Morgan fingerprint density at radius 2 is 1.92 bits per heavy atom. The molecule has 1 aromatic heterocycles. The number of aromatic nitrogens is 1. The number of nitrogens with zero attached hydrogens (tertiary/aromatic N) is 2. The van der Waals surface area contributed by atoms with Gasteiger partial charge in [0.25, 0.3) is 5.78 Å². The third-order valence-corrected chi connectivity index (χ3v) is 7.73. The van der Waals surface area contributed by atoms with Crippen molar-refractivity contribution in [1.29, 1.82) is 0 Å². The molecule has 8 heteroatoms. The van der Waals surface area contributed by atoms with E-state index in [0.29, 0.717) is 28.6 Å². The van der Waals surface area contributed by atoms with E-state index in [1.165, 1.54) is 16.2 Å². The zero-order valence-electron chi connectivity index (χ0n) is 20.4. The van der Waals surface area contributed by atoms with Gasteiger partial charge in [-0.3, -0.25) is 14.5 Å². The molecule has 0 spiro atoms. The number of halogens is 1. The summed E-state index contributed by atoms with van der Waals surface area (Å²) in [6.45, 7) is 4.63. The summed E-state index contributed by atoms with van der Waals surface area (Å²) >= 11 is 4.84. The number of aryl methyl sites for hydroxylation is 1.